The second-order valence-corrected chi connectivity index (χ2v) is 8.92. The summed E-state index contributed by atoms with van der Waals surface area (Å²) in [6, 6.07) is 5.58. The fraction of sp³-hybridized carbons (Fsp3) is 0.500. The fourth-order valence-corrected chi connectivity index (χ4v) is 4.57. The number of ether oxygens (including phenoxy) is 1. The number of unbranched alkanes of at least 4 members (excludes halogenated alkanes) is 1. The van der Waals surface area contributed by atoms with E-state index < -0.39 is 5.91 Å². The number of Topliss-reactive ketones (excluding diaryl/α,β-unsaturated/α-hetero) is 1. The third-order valence-electron chi connectivity index (χ3n) is 5.38. The first-order valence-electron chi connectivity index (χ1n) is 10.0. The lowest BCUT2D eigenvalue weighted by atomic mass is 9.86. The number of halogens is 1. The van der Waals surface area contributed by atoms with Gasteiger partial charge in [-0.3, -0.25) is 9.59 Å². The van der Waals surface area contributed by atoms with Crippen molar-refractivity contribution >= 4 is 50.9 Å². The number of carbonyl (C=O) groups excluding carboxylic acids is 2. The van der Waals surface area contributed by atoms with Gasteiger partial charge < -0.3 is 10.1 Å². The van der Waals surface area contributed by atoms with Gasteiger partial charge in [-0.25, -0.2) is 0 Å². The molecule has 1 aliphatic heterocycles. The monoisotopic (exact) mass is 463 g/mol. The Morgan fingerprint density at radius 2 is 1.96 bits per heavy atom. The molecule has 0 radical (unpaired) electrons. The molecule has 1 aromatic rings. The van der Waals surface area contributed by atoms with E-state index in [0.29, 0.717) is 6.61 Å². The minimum atomic E-state index is -0.435. The molecule has 1 heterocycles. The lowest BCUT2D eigenvalue weighted by Gasteiger charge is -2.21. The first kappa shape index (κ1) is 21.2. The summed E-state index contributed by atoms with van der Waals surface area (Å²) in [4.78, 5) is 24.3. The third-order valence-corrected chi connectivity index (χ3v) is 6.24. The molecule has 1 saturated carbocycles. The summed E-state index contributed by atoms with van der Waals surface area (Å²) < 4.78 is 6.71. The van der Waals surface area contributed by atoms with E-state index in [1.807, 2.05) is 18.2 Å². The molecule has 4 nitrogen and oxygen atoms in total. The predicted octanol–water partition coefficient (Wildman–Crippen LogP) is 5.38. The van der Waals surface area contributed by atoms with Gasteiger partial charge in [-0.2, -0.15) is 0 Å². The van der Waals surface area contributed by atoms with Crippen molar-refractivity contribution in [2.75, 3.05) is 6.61 Å². The minimum absolute atomic E-state index is 0.0795. The zero-order valence-corrected chi connectivity index (χ0v) is 18.4. The maximum Gasteiger partial charge on any atom is 0.259 e. The lowest BCUT2D eigenvalue weighted by Crippen LogP contribution is -2.39. The number of rotatable bonds is 7. The Labute approximate surface area is 180 Å². The van der Waals surface area contributed by atoms with Crippen LogP contribution in [0.4, 0.5) is 0 Å². The molecule has 28 heavy (non-hydrogen) atoms. The maximum atomic E-state index is 12.0. The molecule has 2 fully saturated rings. The van der Waals surface area contributed by atoms with Crippen molar-refractivity contribution in [2.24, 2.45) is 5.92 Å². The quantitative estimate of drug-likeness (QED) is 0.255. The van der Waals surface area contributed by atoms with E-state index >= 15 is 0 Å². The van der Waals surface area contributed by atoms with Crippen LogP contribution in [0.3, 0.4) is 0 Å². The van der Waals surface area contributed by atoms with E-state index in [1.165, 1.54) is 44.9 Å². The predicted molar refractivity (Wildman–Crippen MR) is 118 cm³/mol. The average molecular weight is 464 g/mol. The second kappa shape index (κ2) is 10.3. The van der Waals surface area contributed by atoms with Gasteiger partial charge in [0.15, 0.2) is 5.78 Å². The largest absolute Gasteiger partial charge is 0.492 e. The number of benzene rings is 1. The molecule has 2 aliphatic rings. The highest BCUT2D eigenvalue weighted by atomic mass is 79.9. The Kier molecular flexibility index (Phi) is 7.80. The summed E-state index contributed by atoms with van der Waals surface area (Å²) in [7, 11) is 0. The summed E-state index contributed by atoms with van der Waals surface area (Å²) in [6.07, 6.45) is 12.3. The molecule has 150 valence electrons. The number of hydrogen-bond acceptors (Lipinski definition) is 4. The van der Waals surface area contributed by atoms with E-state index in [1.54, 1.807) is 6.08 Å². The number of thiocarbonyl (C=S) groups is 1. The summed E-state index contributed by atoms with van der Waals surface area (Å²) in [5, 5.41) is 2.54. The summed E-state index contributed by atoms with van der Waals surface area (Å²) in [6.45, 7) is 0.699. The molecular formula is C22H26BrNO3S. The van der Waals surface area contributed by atoms with Crippen molar-refractivity contribution in [3.8, 4) is 5.75 Å². The lowest BCUT2D eigenvalue weighted by molar-refractivity contribution is -0.122. The van der Waals surface area contributed by atoms with Crippen molar-refractivity contribution in [1.82, 2.24) is 5.32 Å². The van der Waals surface area contributed by atoms with Crippen LogP contribution in [-0.2, 0) is 9.59 Å². The van der Waals surface area contributed by atoms with Gasteiger partial charge in [0.05, 0.1) is 28.1 Å². The molecule has 1 amide bonds. The van der Waals surface area contributed by atoms with E-state index in [0.717, 1.165) is 28.1 Å². The highest BCUT2D eigenvalue weighted by molar-refractivity contribution is 9.10. The third kappa shape index (κ3) is 5.98. The van der Waals surface area contributed by atoms with Gasteiger partial charge in [0, 0.05) is 0 Å². The number of nitrogens with one attached hydrogen (secondary N) is 1. The standard InChI is InChI=1S/C22H26BrNO3S/c23-18-13-16(12-17-19(25)14-21(28)24-22(17)26)9-10-20(18)27-11-5-4-8-15-6-2-1-3-7-15/h9-10,12-13,15H,1-8,11,14H2,(H,24,26,28)/b17-12+. The van der Waals surface area contributed by atoms with Crippen LogP contribution in [0.25, 0.3) is 6.08 Å². The fourth-order valence-electron chi connectivity index (χ4n) is 3.84. The molecule has 1 aliphatic carbocycles. The molecule has 0 unspecified atom stereocenters. The maximum absolute atomic E-state index is 12.0. The molecule has 1 N–H and O–H groups in total. The first-order chi connectivity index (χ1) is 13.5. The molecule has 1 aromatic carbocycles. The molecule has 0 aromatic heterocycles. The Bertz CT molecular complexity index is 762. The van der Waals surface area contributed by atoms with E-state index in [9.17, 15) is 9.59 Å². The van der Waals surface area contributed by atoms with Crippen molar-refractivity contribution in [2.45, 2.75) is 57.8 Å². The normalized spacial score (nSPS) is 19.8. The molecular weight excluding hydrogens is 438 g/mol. The molecule has 0 bridgehead atoms. The van der Waals surface area contributed by atoms with Gasteiger partial charge in [-0.05, 0) is 58.5 Å². The summed E-state index contributed by atoms with van der Waals surface area (Å²) >= 11 is 8.43. The van der Waals surface area contributed by atoms with Crippen molar-refractivity contribution in [3.05, 3.63) is 33.8 Å². The topological polar surface area (TPSA) is 55.4 Å². The van der Waals surface area contributed by atoms with Crippen LogP contribution in [0.15, 0.2) is 28.2 Å². The van der Waals surface area contributed by atoms with Gasteiger partial charge in [-0.1, -0.05) is 56.8 Å². The summed E-state index contributed by atoms with van der Waals surface area (Å²) in [5.74, 6) is 1.01. The van der Waals surface area contributed by atoms with Gasteiger partial charge in [0.2, 0.25) is 0 Å². The van der Waals surface area contributed by atoms with Gasteiger partial charge in [-0.15, -0.1) is 0 Å². The van der Waals surface area contributed by atoms with Gasteiger partial charge >= 0.3 is 0 Å². The number of hydrogen-bond donors (Lipinski definition) is 1. The van der Waals surface area contributed by atoms with Crippen LogP contribution in [0.5, 0.6) is 5.75 Å². The van der Waals surface area contributed by atoms with Gasteiger partial charge in [0.1, 0.15) is 5.75 Å². The molecule has 3 rings (SSSR count). The van der Waals surface area contributed by atoms with Crippen molar-refractivity contribution in [3.63, 3.8) is 0 Å². The van der Waals surface area contributed by atoms with Crippen LogP contribution >= 0.6 is 28.1 Å². The number of amides is 1. The average Bonchev–Trinajstić information content (AvgIpc) is 2.66. The van der Waals surface area contributed by atoms with Crippen LogP contribution in [0.2, 0.25) is 0 Å². The van der Waals surface area contributed by atoms with E-state index in [4.69, 9.17) is 17.0 Å². The Balaban J connectivity index is 1.49. The smallest absolute Gasteiger partial charge is 0.259 e. The number of piperidine rings is 1. The SMILES string of the molecule is O=C1CC(=S)NC(=O)/C1=C/c1ccc(OCCCCC2CCCCC2)c(Br)c1. The van der Waals surface area contributed by atoms with Crippen LogP contribution in [0, 0.1) is 5.92 Å². The molecule has 0 atom stereocenters. The Hall–Kier alpha value is -1.53. The van der Waals surface area contributed by atoms with Crippen molar-refractivity contribution in [1.29, 1.82) is 0 Å². The second-order valence-electron chi connectivity index (χ2n) is 7.57. The van der Waals surface area contributed by atoms with Crippen LogP contribution < -0.4 is 10.1 Å². The molecule has 0 spiro atoms. The molecule has 1 saturated heterocycles. The molecule has 6 heteroatoms. The minimum Gasteiger partial charge on any atom is -0.492 e. The van der Waals surface area contributed by atoms with Crippen LogP contribution in [0.1, 0.15) is 63.4 Å². The first-order valence-corrected chi connectivity index (χ1v) is 11.2. The number of carbonyl (C=O) groups is 2. The highest BCUT2D eigenvalue weighted by Gasteiger charge is 2.26. The Morgan fingerprint density at radius 3 is 2.68 bits per heavy atom. The van der Waals surface area contributed by atoms with Gasteiger partial charge in [0.25, 0.3) is 5.91 Å². The zero-order chi connectivity index (χ0) is 19.9. The van der Waals surface area contributed by atoms with Crippen molar-refractivity contribution < 1.29 is 14.3 Å². The Morgan fingerprint density at radius 1 is 1.18 bits per heavy atom. The van der Waals surface area contributed by atoms with E-state index in [2.05, 4.69) is 21.2 Å². The summed E-state index contributed by atoms with van der Waals surface area (Å²) in [5.41, 5.74) is 0.903. The number of ketones is 1. The van der Waals surface area contributed by atoms with Crippen LogP contribution in [-0.4, -0.2) is 23.3 Å². The highest BCUT2D eigenvalue weighted by Crippen LogP contribution is 2.29. The van der Waals surface area contributed by atoms with E-state index in [-0.39, 0.29) is 22.8 Å². The zero-order valence-electron chi connectivity index (χ0n) is 16.0.